The molecular formula is C12H17N3O3S. The van der Waals surface area contributed by atoms with Crippen LogP contribution in [0.1, 0.15) is 30.1 Å². The molecule has 2 unspecified atom stereocenters. The number of hydrogen-bond donors (Lipinski definition) is 2. The number of amides is 2. The van der Waals surface area contributed by atoms with Crippen molar-refractivity contribution in [2.75, 3.05) is 13.1 Å². The zero-order valence-electron chi connectivity index (χ0n) is 10.9. The summed E-state index contributed by atoms with van der Waals surface area (Å²) >= 11 is 1.51. The van der Waals surface area contributed by atoms with Crippen LogP contribution < -0.4 is 5.32 Å². The second kappa shape index (κ2) is 5.56. The van der Waals surface area contributed by atoms with Crippen LogP contribution >= 0.6 is 11.3 Å². The molecule has 1 saturated heterocycles. The summed E-state index contributed by atoms with van der Waals surface area (Å²) in [5.41, 5.74) is 0.938. The Morgan fingerprint density at radius 3 is 2.89 bits per heavy atom. The summed E-state index contributed by atoms with van der Waals surface area (Å²) < 4.78 is 0. The zero-order valence-corrected chi connectivity index (χ0v) is 11.7. The normalized spacial score (nSPS) is 20.3. The highest BCUT2D eigenvalue weighted by Crippen LogP contribution is 2.20. The van der Waals surface area contributed by atoms with Crippen LogP contribution in [0.15, 0.2) is 5.38 Å². The molecule has 0 radical (unpaired) electrons. The van der Waals surface area contributed by atoms with Gasteiger partial charge in [0.05, 0.1) is 12.0 Å². The summed E-state index contributed by atoms with van der Waals surface area (Å²) in [7, 11) is 0. The van der Waals surface area contributed by atoms with Crippen molar-refractivity contribution in [3.8, 4) is 0 Å². The van der Waals surface area contributed by atoms with Gasteiger partial charge in [-0.25, -0.2) is 9.78 Å². The van der Waals surface area contributed by atoms with Crippen LogP contribution in [0, 0.1) is 12.8 Å². The standard InChI is InChI=1S/C12H17N3O3S/c1-7-6-19-10(13-7)8(2)14-12(18)15-4-3-9(5-15)11(16)17/h6,8-9H,3-5H2,1-2H3,(H,14,18)(H,16,17). The predicted molar refractivity (Wildman–Crippen MR) is 71.1 cm³/mol. The van der Waals surface area contributed by atoms with E-state index in [0.29, 0.717) is 13.0 Å². The van der Waals surface area contributed by atoms with E-state index in [1.807, 2.05) is 19.2 Å². The Labute approximate surface area is 115 Å². The first-order valence-electron chi connectivity index (χ1n) is 6.17. The lowest BCUT2D eigenvalue weighted by Gasteiger charge is -2.19. The molecule has 0 bridgehead atoms. The maximum atomic E-state index is 12.0. The summed E-state index contributed by atoms with van der Waals surface area (Å²) in [6.07, 6.45) is 0.521. The number of aliphatic carboxylic acids is 1. The highest BCUT2D eigenvalue weighted by atomic mass is 32.1. The molecule has 0 saturated carbocycles. The molecule has 104 valence electrons. The molecule has 2 amide bonds. The molecule has 0 spiro atoms. The summed E-state index contributed by atoms with van der Waals surface area (Å²) in [5.74, 6) is -1.28. The van der Waals surface area contributed by atoms with Gasteiger partial charge in [-0.2, -0.15) is 0 Å². The number of likely N-dealkylation sites (tertiary alicyclic amines) is 1. The number of nitrogens with one attached hydrogen (secondary N) is 1. The lowest BCUT2D eigenvalue weighted by molar-refractivity contribution is -0.141. The summed E-state index contributed by atoms with van der Waals surface area (Å²) in [4.78, 5) is 28.7. The molecule has 6 nitrogen and oxygen atoms in total. The fourth-order valence-corrected chi connectivity index (χ4v) is 2.86. The number of aromatic nitrogens is 1. The lowest BCUT2D eigenvalue weighted by atomic mass is 10.1. The molecule has 0 aliphatic carbocycles. The van der Waals surface area contributed by atoms with E-state index in [0.717, 1.165) is 10.7 Å². The van der Waals surface area contributed by atoms with Gasteiger partial charge in [0.2, 0.25) is 0 Å². The third-order valence-corrected chi connectivity index (χ3v) is 4.32. The first-order valence-corrected chi connectivity index (χ1v) is 7.05. The molecule has 0 aromatic carbocycles. The Kier molecular flexibility index (Phi) is 4.04. The van der Waals surface area contributed by atoms with E-state index >= 15 is 0 Å². The molecule has 2 N–H and O–H groups in total. The van der Waals surface area contributed by atoms with Crippen molar-refractivity contribution >= 4 is 23.3 Å². The van der Waals surface area contributed by atoms with Crippen LogP contribution in [0.25, 0.3) is 0 Å². The van der Waals surface area contributed by atoms with Crippen LogP contribution in [0.4, 0.5) is 4.79 Å². The van der Waals surface area contributed by atoms with Crippen LogP contribution in [0.2, 0.25) is 0 Å². The van der Waals surface area contributed by atoms with Gasteiger partial charge >= 0.3 is 12.0 Å². The minimum atomic E-state index is -0.834. The number of carboxylic acids is 1. The minimum absolute atomic E-state index is 0.157. The number of rotatable bonds is 3. The molecule has 1 aromatic heterocycles. The monoisotopic (exact) mass is 283 g/mol. The van der Waals surface area contributed by atoms with E-state index in [1.54, 1.807) is 4.90 Å². The van der Waals surface area contributed by atoms with Gasteiger partial charge in [0.15, 0.2) is 0 Å². The fourth-order valence-electron chi connectivity index (χ4n) is 2.06. The van der Waals surface area contributed by atoms with E-state index in [2.05, 4.69) is 10.3 Å². The van der Waals surface area contributed by atoms with Crippen LogP contribution in [0.5, 0.6) is 0 Å². The average molecular weight is 283 g/mol. The van der Waals surface area contributed by atoms with Crippen molar-refractivity contribution < 1.29 is 14.7 Å². The number of carboxylic acid groups (broad SMARTS) is 1. The van der Waals surface area contributed by atoms with Crippen molar-refractivity contribution in [1.82, 2.24) is 15.2 Å². The number of carbonyl (C=O) groups is 2. The Hall–Kier alpha value is -1.63. The third-order valence-electron chi connectivity index (χ3n) is 3.17. The van der Waals surface area contributed by atoms with Crippen LogP contribution in [0.3, 0.4) is 0 Å². The summed E-state index contributed by atoms with van der Waals surface area (Å²) in [6.45, 7) is 4.56. The van der Waals surface area contributed by atoms with Crippen LogP contribution in [-0.2, 0) is 4.79 Å². The van der Waals surface area contributed by atoms with Gasteiger partial charge in [0.25, 0.3) is 0 Å². The smallest absolute Gasteiger partial charge is 0.317 e. The Morgan fingerprint density at radius 1 is 1.63 bits per heavy atom. The second-order valence-corrected chi connectivity index (χ2v) is 5.66. The molecule has 2 heterocycles. The minimum Gasteiger partial charge on any atom is -0.481 e. The number of hydrogen-bond acceptors (Lipinski definition) is 4. The summed E-state index contributed by atoms with van der Waals surface area (Å²) in [5, 5.41) is 14.6. The average Bonchev–Trinajstić information content (AvgIpc) is 2.96. The number of nitrogens with zero attached hydrogens (tertiary/aromatic N) is 2. The topological polar surface area (TPSA) is 82.5 Å². The first kappa shape index (κ1) is 13.8. The maximum Gasteiger partial charge on any atom is 0.317 e. The van der Waals surface area contributed by atoms with Crippen LogP contribution in [-0.4, -0.2) is 40.1 Å². The van der Waals surface area contributed by atoms with Gasteiger partial charge in [0.1, 0.15) is 5.01 Å². The number of urea groups is 1. The third kappa shape index (κ3) is 3.23. The Balaban J connectivity index is 1.89. The van der Waals surface area contributed by atoms with Crippen molar-refractivity contribution in [3.63, 3.8) is 0 Å². The van der Waals surface area contributed by atoms with Gasteiger partial charge in [-0.3, -0.25) is 4.79 Å². The van der Waals surface area contributed by atoms with Gasteiger partial charge in [-0.15, -0.1) is 11.3 Å². The van der Waals surface area contributed by atoms with Gasteiger partial charge in [-0.1, -0.05) is 0 Å². The zero-order chi connectivity index (χ0) is 14.0. The molecule has 19 heavy (non-hydrogen) atoms. The van der Waals surface area contributed by atoms with Crippen molar-refractivity contribution in [2.45, 2.75) is 26.3 Å². The van der Waals surface area contributed by atoms with Crippen molar-refractivity contribution in [3.05, 3.63) is 16.1 Å². The number of aryl methyl sites for hydroxylation is 1. The molecular weight excluding hydrogens is 266 g/mol. The Morgan fingerprint density at radius 2 is 2.37 bits per heavy atom. The number of thiazole rings is 1. The Bertz CT molecular complexity index is 488. The van der Waals surface area contributed by atoms with Gasteiger partial charge in [-0.05, 0) is 20.3 Å². The van der Waals surface area contributed by atoms with E-state index in [4.69, 9.17) is 5.11 Å². The molecule has 1 fully saturated rings. The fraction of sp³-hybridized carbons (Fsp3) is 0.583. The molecule has 1 aromatic rings. The van der Waals surface area contributed by atoms with E-state index < -0.39 is 11.9 Å². The molecule has 2 atom stereocenters. The van der Waals surface area contributed by atoms with Gasteiger partial charge in [0, 0.05) is 24.2 Å². The molecule has 1 aliphatic heterocycles. The van der Waals surface area contributed by atoms with E-state index in [-0.39, 0.29) is 18.6 Å². The van der Waals surface area contributed by atoms with E-state index in [9.17, 15) is 9.59 Å². The molecule has 1 aliphatic rings. The van der Waals surface area contributed by atoms with Crippen molar-refractivity contribution in [1.29, 1.82) is 0 Å². The molecule has 2 rings (SSSR count). The summed E-state index contributed by atoms with van der Waals surface area (Å²) in [6, 6.07) is -0.376. The SMILES string of the molecule is Cc1csc(C(C)NC(=O)N2CCC(C(=O)O)C2)n1. The lowest BCUT2D eigenvalue weighted by Crippen LogP contribution is -2.40. The maximum absolute atomic E-state index is 12.0. The van der Waals surface area contributed by atoms with Gasteiger partial charge < -0.3 is 15.3 Å². The second-order valence-electron chi connectivity index (χ2n) is 4.77. The molecule has 7 heteroatoms. The number of carbonyl (C=O) groups excluding carboxylic acids is 1. The van der Waals surface area contributed by atoms with Crippen molar-refractivity contribution in [2.24, 2.45) is 5.92 Å². The predicted octanol–water partition coefficient (Wildman–Crippen LogP) is 1.63. The van der Waals surface area contributed by atoms with E-state index in [1.165, 1.54) is 11.3 Å². The largest absolute Gasteiger partial charge is 0.481 e. The first-order chi connectivity index (χ1) is 8.97. The highest BCUT2D eigenvalue weighted by Gasteiger charge is 2.31. The highest BCUT2D eigenvalue weighted by molar-refractivity contribution is 7.09. The quantitative estimate of drug-likeness (QED) is 0.883.